The van der Waals surface area contributed by atoms with Gasteiger partial charge in [0.1, 0.15) is 0 Å². The molecule has 21 heavy (non-hydrogen) atoms. The van der Waals surface area contributed by atoms with E-state index in [-0.39, 0.29) is 6.61 Å². The van der Waals surface area contributed by atoms with E-state index >= 15 is 0 Å². The number of aromatic nitrogens is 1. The van der Waals surface area contributed by atoms with Gasteiger partial charge >= 0.3 is 0 Å². The van der Waals surface area contributed by atoms with Crippen molar-refractivity contribution in [2.45, 2.75) is 25.5 Å². The van der Waals surface area contributed by atoms with Gasteiger partial charge in [-0.2, -0.15) is 0 Å². The zero-order valence-corrected chi connectivity index (χ0v) is 12.1. The molecule has 0 bridgehead atoms. The van der Waals surface area contributed by atoms with Crippen LogP contribution in [0.3, 0.4) is 0 Å². The Hall–Kier alpha value is -2.07. The number of aliphatic hydroxyl groups excluding tert-OH is 1. The highest BCUT2D eigenvalue weighted by Gasteiger charge is 2.19. The summed E-state index contributed by atoms with van der Waals surface area (Å²) in [6, 6.07) is 12.6. The molecule has 1 aromatic heterocycles. The number of nitrogens with one attached hydrogen (secondary N) is 1. The Bertz CT molecular complexity index is 565. The molecule has 1 aliphatic heterocycles. The molecule has 0 aliphatic carbocycles. The lowest BCUT2D eigenvalue weighted by molar-refractivity contribution is 0.282. The quantitative estimate of drug-likeness (QED) is 0.905. The van der Waals surface area contributed by atoms with Gasteiger partial charge in [-0.1, -0.05) is 18.2 Å². The minimum atomic E-state index is 0.0824. The van der Waals surface area contributed by atoms with Gasteiger partial charge in [0.05, 0.1) is 6.61 Å². The number of anilines is 2. The van der Waals surface area contributed by atoms with Gasteiger partial charge in [0.2, 0.25) is 0 Å². The van der Waals surface area contributed by atoms with Crippen molar-refractivity contribution in [1.82, 2.24) is 4.98 Å². The average Bonchev–Trinajstić information content (AvgIpc) is 2.57. The van der Waals surface area contributed by atoms with Crippen molar-refractivity contribution in [3.63, 3.8) is 0 Å². The highest BCUT2D eigenvalue weighted by molar-refractivity contribution is 5.52. The summed E-state index contributed by atoms with van der Waals surface area (Å²) in [5, 5.41) is 13.0. The predicted octanol–water partition coefficient (Wildman–Crippen LogP) is 2.65. The molecular formula is C17H21N3O. The van der Waals surface area contributed by atoms with Crippen molar-refractivity contribution in [2.75, 3.05) is 23.3 Å². The van der Waals surface area contributed by atoms with Crippen LogP contribution in [-0.2, 0) is 6.61 Å². The lowest BCUT2D eigenvalue weighted by atomic mass is 10.0. The molecule has 2 aromatic rings. The van der Waals surface area contributed by atoms with E-state index in [0.29, 0.717) is 6.04 Å². The highest BCUT2D eigenvalue weighted by Crippen LogP contribution is 2.23. The third-order valence-corrected chi connectivity index (χ3v) is 4.07. The van der Waals surface area contributed by atoms with E-state index < -0.39 is 0 Å². The molecule has 1 saturated heterocycles. The summed E-state index contributed by atoms with van der Waals surface area (Å²) in [5.41, 5.74) is 3.27. The summed E-state index contributed by atoms with van der Waals surface area (Å²) in [4.78, 5) is 6.47. The second-order valence-corrected chi connectivity index (χ2v) is 5.43. The molecule has 4 heteroatoms. The summed E-state index contributed by atoms with van der Waals surface area (Å²) < 4.78 is 0. The molecule has 110 valence electrons. The van der Waals surface area contributed by atoms with Crippen LogP contribution < -0.4 is 10.2 Å². The van der Waals surface area contributed by atoms with E-state index in [1.54, 1.807) is 0 Å². The summed E-state index contributed by atoms with van der Waals surface area (Å²) in [5.74, 6) is 0. The maximum atomic E-state index is 9.38. The monoisotopic (exact) mass is 283 g/mol. The van der Waals surface area contributed by atoms with E-state index in [9.17, 15) is 5.11 Å². The number of rotatable bonds is 4. The smallest absolute Gasteiger partial charge is 0.0701 e. The van der Waals surface area contributed by atoms with Gasteiger partial charge < -0.3 is 15.3 Å². The highest BCUT2D eigenvalue weighted by atomic mass is 16.3. The molecule has 0 atom stereocenters. The van der Waals surface area contributed by atoms with Crippen LogP contribution in [0.1, 0.15) is 18.4 Å². The molecule has 0 saturated carbocycles. The molecular weight excluding hydrogens is 262 g/mol. The van der Waals surface area contributed by atoms with Crippen molar-refractivity contribution in [3.05, 3.63) is 54.4 Å². The first-order valence-corrected chi connectivity index (χ1v) is 7.47. The Kier molecular flexibility index (Phi) is 4.36. The minimum Gasteiger partial charge on any atom is -0.392 e. The van der Waals surface area contributed by atoms with Crippen LogP contribution in [0.5, 0.6) is 0 Å². The predicted molar refractivity (Wildman–Crippen MR) is 85.5 cm³/mol. The zero-order chi connectivity index (χ0) is 14.5. The summed E-state index contributed by atoms with van der Waals surface area (Å²) in [7, 11) is 0. The van der Waals surface area contributed by atoms with Crippen LogP contribution in [0.15, 0.2) is 48.8 Å². The Morgan fingerprint density at radius 1 is 1.10 bits per heavy atom. The number of para-hydroxylation sites is 1. The van der Waals surface area contributed by atoms with E-state index in [1.165, 1.54) is 5.69 Å². The number of hydrogen-bond donors (Lipinski definition) is 2. The third-order valence-electron chi connectivity index (χ3n) is 4.07. The first kappa shape index (κ1) is 13.9. The standard InChI is InChI=1S/C17H21N3O/c21-13-14-3-1-2-4-17(14)19-15-7-11-20(12-8-15)16-5-9-18-10-6-16/h1-6,9-10,15,19,21H,7-8,11-13H2. The second kappa shape index (κ2) is 6.59. The minimum absolute atomic E-state index is 0.0824. The Labute approximate surface area is 125 Å². The number of pyridine rings is 1. The maximum Gasteiger partial charge on any atom is 0.0701 e. The number of benzene rings is 1. The SMILES string of the molecule is OCc1ccccc1NC1CCN(c2ccncc2)CC1. The van der Waals surface area contributed by atoms with Gasteiger partial charge in [0.15, 0.2) is 0 Å². The van der Waals surface area contributed by atoms with E-state index in [4.69, 9.17) is 0 Å². The van der Waals surface area contributed by atoms with Crippen LogP contribution >= 0.6 is 0 Å². The fourth-order valence-corrected chi connectivity index (χ4v) is 2.86. The molecule has 4 nitrogen and oxygen atoms in total. The van der Waals surface area contributed by atoms with Crippen molar-refractivity contribution in [2.24, 2.45) is 0 Å². The number of nitrogens with zero attached hydrogens (tertiary/aromatic N) is 2. The van der Waals surface area contributed by atoms with Crippen molar-refractivity contribution in [3.8, 4) is 0 Å². The van der Waals surface area contributed by atoms with Crippen molar-refractivity contribution >= 4 is 11.4 Å². The molecule has 1 aliphatic rings. The largest absolute Gasteiger partial charge is 0.392 e. The van der Waals surface area contributed by atoms with Crippen LogP contribution in [0.25, 0.3) is 0 Å². The Morgan fingerprint density at radius 3 is 2.52 bits per heavy atom. The summed E-state index contributed by atoms with van der Waals surface area (Å²) in [6.45, 7) is 2.17. The average molecular weight is 283 g/mol. The molecule has 1 aromatic carbocycles. The fraction of sp³-hybridized carbons (Fsp3) is 0.353. The molecule has 2 heterocycles. The van der Waals surface area contributed by atoms with Gasteiger partial charge in [0.25, 0.3) is 0 Å². The molecule has 1 fully saturated rings. The number of hydrogen-bond acceptors (Lipinski definition) is 4. The Balaban J connectivity index is 1.59. The molecule has 3 rings (SSSR count). The lowest BCUT2D eigenvalue weighted by Crippen LogP contribution is -2.39. The summed E-state index contributed by atoms with van der Waals surface area (Å²) in [6.07, 6.45) is 5.89. The fourth-order valence-electron chi connectivity index (χ4n) is 2.86. The molecule has 0 amide bonds. The van der Waals surface area contributed by atoms with Crippen molar-refractivity contribution < 1.29 is 5.11 Å². The Morgan fingerprint density at radius 2 is 1.81 bits per heavy atom. The van der Waals surface area contributed by atoms with Crippen LogP contribution in [-0.4, -0.2) is 29.2 Å². The third kappa shape index (κ3) is 3.34. The normalized spacial score (nSPS) is 16.0. The van der Waals surface area contributed by atoms with Gasteiger partial charge in [0, 0.05) is 48.5 Å². The van der Waals surface area contributed by atoms with Crippen molar-refractivity contribution in [1.29, 1.82) is 0 Å². The van der Waals surface area contributed by atoms with Crippen LogP contribution in [0, 0.1) is 0 Å². The van der Waals surface area contributed by atoms with Gasteiger partial charge in [-0.25, -0.2) is 0 Å². The first-order chi connectivity index (χ1) is 10.4. The van der Waals surface area contributed by atoms with Gasteiger partial charge in [-0.05, 0) is 31.0 Å². The van der Waals surface area contributed by atoms with Gasteiger partial charge in [-0.3, -0.25) is 4.98 Å². The van der Waals surface area contributed by atoms with E-state index in [2.05, 4.69) is 27.3 Å². The zero-order valence-electron chi connectivity index (χ0n) is 12.1. The van der Waals surface area contributed by atoms with Crippen LogP contribution in [0.2, 0.25) is 0 Å². The molecule has 0 radical (unpaired) electrons. The topological polar surface area (TPSA) is 48.4 Å². The molecule has 0 unspecified atom stereocenters. The molecule has 0 spiro atoms. The second-order valence-electron chi connectivity index (χ2n) is 5.43. The maximum absolute atomic E-state index is 9.38. The molecule has 2 N–H and O–H groups in total. The first-order valence-electron chi connectivity index (χ1n) is 7.47. The lowest BCUT2D eigenvalue weighted by Gasteiger charge is -2.34. The van der Waals surface area contributed by atoms with E-state index in [0.717, 1.165) is 37.2 Å². The van der Waals surface area contributed by atoms with Gasteiger partial charge in [-0.15, -0.1) is 0 Å². The number of aliphatic hydroxyl groups is 1. The van der Waals surface area contributed by atoms with E-state index in [1.807, 2.05) is 36.7 Å². The summed E-state index contributed by atoms with van der Waals surface area (Å²) >= 11 is 0. The van der Waals surface area contributed by atoms with Crippen LogP contribution in [0.4, 0.5) is 11.4 Å². The number of piperidine rings is 1.